The molecule has 0 aliphatic carbocycles. The fourth-order valence-corrected chi connectivity index (χ4v) is 2.37. The van der Waals surface area contributed by atoms with Crippen molar-refractivity contribution in [2.24, 2.45) is 0 Å². The number of pyridine rings is 1. The van der Waals surface area contributed by atoms with Crippen LogP contribution in [0.25, 0.3) is 11.3 Å². The van der Waals surface area contributed by atoms with Gasteiger partial charge in [-0.2, -0.15) is 5.10 Å². The number of amides is 1. The topological polar surface area (TPSA) is 64.2 Å². The van der Waals surface area contributed by atoms with Crippen LogP contribution >= 0.6 is 0 Å². The van der Waals surface area contributed by atoms with Gasteiger partial charge < -0.3 is 9.72 Å². The minimum atomic E-state index is -0.324. The molecule has 0 aliphatic heterocycles. The Morgan fingerprint density at radius 2 is 1.88 bits per heavy atom. The minimum absolute atomic E-state index is 0.269. The summed E-state index contributed by atoms with van der Waals surface area (Å²) in [6, 6.07) is 11.1. The van der Waals surface area contributed by atoms with Crippen molar-refractivity contribution in [2.45, 2.75) is 0 Å². The third-order valence-corrected chi connectivity index (χ3v) is 3.56. The maximum atomic E-state index is 13.0. The fourth-order valence-electron chi connectivity index (χ4n) is 2.37. The third-order valence-electron chi connectivity index (χ3n) is 3.56. The Bertz CT molecular complexity index is 1020. The van der Waals surface area contributed by atoms with Crippen LogP contribution in [0.4, 0.5) is 10.1 Å². The SMILES string of the molecule is O=C(Nc1ccc2nccn2c1)c1ccn(-c2ccc(F)cc2)n1. The van der Waals surface area contributed by atoms with E-state index in [1.54, 1.807) is 49.1 Å². The highest BCUT2D eigenvalue weighted by atomic mass is 19.1. The van der Waals surface area contributed by atoms with Gasteiger partial charge in [-0.15, -0.1) is 0 Å². The van der Waals surface area contributed by atoms with Crippen LogP contribution in [-0.2, 0) is 0 Å². The summed E-state index contributed by atoms with van der Waals surface area (Å²) >= 11 is 0. The molecule has 0 radical (unpaired) electrons. The first-order valence-electron chi connectivity index (χ1n) is 7.25. The van der Waals surface area contributed by atoms with Gasteiger partial charge in [0.15, 0.2) is 5.69 Å². The summed E-state index contributed by atoms with van der Waals surface area (Å²) in [5.74, 6) is -0.644. The van der Waals surface area contributed by atoms with Crippen LogP contribution in [-0.4, -0.2) is 25.1 Å². The van der Waals surface area contributed by atoms with Crippen molar-refractivity contribution in [1.82, 2.24) is 19.2 Å². The fraction of sp³-hybridized carbons (Fsp3) is 0. The summed E-state index contributed by atoms with van der Waals surface area (Å²) in [5, 5.41) is 7.01. The normalized spacial score (nSPS) is 10.9. The van der Waals surface area contributed by atoms with E-state index in [9.17, 15) is 9.18 Å². The zero-order valence-corrected chi connectivity index (χ0v) is 12.4. The Kier molecular flexibility index (Phi) is 3.31. The van der Waals surface area contributed by atoms with Gasteiger partial charge in [-0.3, -0.25) is 4.79 Å². The molecule has 1 N–H and O–H groups in total. The molecule has 0 fully saturated rings. The number of hydrogen-bond donors (Lipinski definition) is 1. The van der Waals surface area contributed by atoms with E-state index in [-0.39, 0.29) is 17.4 Å². The lowest BCUT2D eigenvalue weighted by Gasteiger charge is -2.04. The second-order valence-corrected chi connectivity index (χ2v) is 5.19. The zero-order valence-electron chi connectivity index (χ0n) is 12.4. The number of carbonyl (C=O) groups is 1. The lowest BCUT2D eigenvalue weighted by atomic mass is 10.3. The van der Waals surface area contributed by atoms with Crippen molar-refractivity contribution in [3.63, 3.8) is 0 Å². The molecule has 6 nitrogen and oxygen atoms in total. The molecule has 0 saturated heterocycles. The Morgan fingerprint density at radius 1 is 1.04 bits per heavy atom. The first kappa shape index (κ1) is 14.1. The first-order chi connectivity index (χ1) is 11.7. The number of benzene rings is 1. The molecule has 4 aromatic rings. The molecule has 3 heterocycles. The van der Waals surface area contributed by atoms with Gasteiger partial charge in [0.2, 0.25) is 0 Å². The highest BCUT2D eigenvalue weighted by Crippen LogP contribution is 2.12. The van der Waals surface area contributed by atoms with Crippen LogP contribution in [0.15, 0.2) is 67.3 Å². The van der Waals surface area contributed by atoms with E-state index in [1.165, 1.54) is 16.8 Å². The van der Waals surface area contributed by atoms with Crippen molar-refractivity contribution in [3.8, 4) is 5.69 Å². The Labute approximate surface area is 136 Å². The lowest BCUT2D eigenvalue weighted by molar-refractivity contribution is 0.102. The number of rotatable bonds is 3. The predicted octanol–water partition coefficient (Wildman–Crippen LogP) is 2.91. The lowest BCUT2D eigenvalue weighted by Crippen LogP contribution is -2.13. The second-order valence-electron chi connectivity index (χ2n) is 5.19. The van der Waals surface area contributed by atoms with Crippen LogP contribution in [0.3, 0.4) is 0 Å². The molecule has 0 bridgehead atoms. The summed E-state index contributed by atoms with van der Waals surface area (Å²) < 4.78 is 16.3. The summed E-state index contributed by atoms with van der Waals surface area (Å²) in [6.45, 7) is 0. The van der Waals surface area contributed by atoms with Gasteiger partial charge in [-0.25, -0.2) is 14.1 Å². The van der Waals surface area contributed by atoms with Gasteiger partial charge in [0.1, 0.15) is 11.5 Å². The molecular formula is C17H12FN5O. The number of halogens is 1. The highest BCUT2D eigenvalue weighted by molar-refractivity contribution is 6.02. The molecular weight excluding hydrogens is 309 g/mol. The molecule has 1 aromatic carbocycles. The van der Waals surface area contributed by atoms with Crippen molar-refractivity contribution < 1.29 is 9.18 Å². The summed E-state index contributed by atoms with van der Waals surface area (Å²) in [4.78, 5) is 16.5. The molecule has 0 aliphatic rings. The summed E-state index contributed by atoms with van der Waals surface area (Å²) in [5.41, 5.74) is 2.38. The maximum Gasteiger partial charge on any atom is 0.276 e. The predicted molar refractivity (Wildman–Crippen MR) is 86.7 cm³/mol. The summed E-state index contributed by atoms with van der Waals surface area (Å²) in [6.07, 6.45) is 6.91. The highest BCUT2D eigenvalue weighted by Gasteiger charge is 2.11. The number of imidazole rings is 1. The number of hydrogen-bond acceptors (Lipinski definition) is 3. The largest absolute Gasteiger partial charge is 0.319 e. The number of carbonyl (C=O) groups excluding carboxylic acids is 1. The average Bonchev–Trinajstić information content (AvgIpc) is 3.24. The van der Waals surface area contributed by atoms with E-state index < -0.39 is 0 Å². The number of fused-ring (bicyclic) bond motifs is 1. The standard InChI is InChI=1S/C17H12FN5O/c18-12-1-4-14(5-2-12)23-9-7-15(21-23)17(24)20-13-3-6-16-19-8-10-22(16)11-13/h1-11H,(H,20,24). The molecule has 0 unspecified atom stereocenters. The van der Waals surface area contributed by atoms with Crippen molar-refractivity contribution in [3.05, 3.63) is 78.8 Å². The van der Waals surface area contributed by atoms with Gasteiger partial charge in [0.05, 0.1) is 11.4 Å². The molecule has 7 heteroatoms. The quantitative estimate of drug-likeness (QED) is 0.631. The Hall–Kier alpha value is -3.48. The van der Waals surface area contributed by atoms with Crippen LogP contribution in [0.2, 0.25) is 0 Å². The van der Waals surface area contributed by atoms with Crippen LogP contribution < -0.4 is 5.32 Å². The van der Waals surface area contributed by atoms with Gasteiger partial charge in [0, 0.05) is 24.8 Å². The van der Waals surface area contributed by atoms with Gasteiger partial charge in [-0.05, 0) is 42.5 Å². The van der Waals surface area contributed by atoms with Crippen LogP contribution in [0.1, 0.15) is 10.5 Å². The molecule has 4 rings (SSSR count). The average molecular weight is 321 g/mol. The van der Waals surface area contributed by atoms with Gasteiger partial charge in [0.25, 0.3) is 5.91 Å². The molecule has 118 valence electrons. The van der Waals surface area contributed by atoms with E-state index in [1.807, 2.05) is 10.5 Å². The number of anilines is 1. The van der Waals surface area contributed by atoms with E-state index >= 15 is 0 Å². The minimum Gasteiger partial charge on any atom is -0.319 e. The molecule has 1 amide bonds. The molecule has 0 atom stereocenters. The van der Waals surface area contributed by atoms with E-state index in [2.05, 4.69) is 15.4 Å². The Morgan fingerprint density at radius 3 is 2.71 bits per heavy atom. The first-order valence-corrected chi connectivity index (χ1v) is 7.25. The van der Waals surface area contributed by atoms with Crippen molar-refractivity contribution in [2.75, 3.05) is 5.32 Å². The van der Waals surface area contributed by atoms with E-state index in [0.717, 1.165) is 5.65 Å². The Balaban J connectivity index is 1.55. The van der Waals surface area contributed by atoms with E-state index in [0.29, 0.717) is 11.4 Å². The van der Waals surface area contributed by atoms with Crippen LogP contribution in [0.5, 0.6) is 0 Å². The zero-order chi connectivity index (χ0) is 16.5. The monoisotopic (exact) mass is 321 g/mol. The van der Waals surface area contributed by atoms with E-state index in [4.69, 9.17) is 0 Å². The van der Waals surface area contributed by atoms with Gasteiger partial charge in [-0.1, -0.05) is 0 Å². The third kappa shape index (κ3) is 2.63. The molecule has 0 saturated carbocycles. The molecule has 3 aromatic heterocycles. The maximum absolute atomic E-state index is 13.0. The van der Waals surface area contributed by atoms with Crippen molar-refractivity contribution >= 4 is 17.2 Å². The molecule has 24 heavy (non-hydrogen) atoms. The van der Waals surface area contributed by atoms with Crippen LogP contribution in [0, 0.1) is 5.82 Å². The number of nitrogens with zero attached hydrogens (tertiary/aromatic N) is 4. The number of nitrogens with one attached hydrogen (secondary N) is 1. The van der Waals surface area contributed by atoms with Crippen molar-refractivity contribution in [1.29, 1.82) is 0 Å². The number of aromatic nitrogens is 4. The summed E-state index contributed by atoms with van der Waals surface area (Å²) in [7, 11) is 0. The second kappa shape index (κ2) is 5.62. The smallest absolute Gasteiger partial charge is 0.276 e. The molecule has 0 spiro atoms. The van der Waals surface area contributed by atoms with Gasteiger partial charge >= 0.3 is 0 Å².